The molecule has 4 nitrogen and oxygen atoms in total. The molecular weight excluding hydrogens is 347 g/mol. The van der Waals surface area contributed by atoms with Crippen LogP contribution in [0.2, 0.25) is 10.0 Å². The van der Waals surface area contributed by atoms with Crippen molar-refractivity contribution in [3.8, 4) is 0 Å². The van der Waals surface area contributed by atoms with Gasteiger partial charge < -0.3 is 10.2 Å². The number of anilines is 1. The molecule has 1 saturated carbocycles. The first-order chi connectivity index (χ1) is 11.4. The van der Waals surface area contributed by atoms with E-state index in [0.717, 1.165) is 30.4 Å². The van der Waals surface area contributed by atoms with Gasteiger partial charge in [-0.05, 0) is 43.4 Å². The van der Waals surface area contributed by atoms with Crippen LogP contribution in [0.5, 0.6) is 0 Å². The van der Waals surface area contributed by atoms with Crippen molar-refractivity contribution >= 4 is 40.7 Å². The third-order valence-electron chi connectivity index (χ3n) is 5.57. The van der Waals surface area contributed by atoms with E-state index in [1.54, 1.807) is 12.1 Å². The smallest absolute Gasteiger partial charge is 0.237 e. The molecule has 1 unspecified atom stereocenters. The van der Waals surface area contributed by atoms with Crippen LogP contribution in [-0.4, -0.2) is 29.8 Å². The number of hydrogen-bond donors (Lipinski definition) is 1. The Hall–Kier alpha value is -1.52. The molecule has 2 aliphatic heterocycles. The molecule has 3 aliphatic rings. The lowest BCUT2D eigenvalue weighted by Gasteiger charge is -2.24. The second-order valence-corrected chi connectivity index (χ2v) is 7.86. The summed E-state index contributed by atoms with van der Waals surface area (Å²) >= 11 is 12.2. The van der Waals surface area contributed by atoms with Crippen molar-refractivity contribution in [2.45, 2.75) is 31.1 Å². The van der Waals surface area contributed by atoms with Crippen molar-refractivity contribution in [2.24, 2.45) is 5.92 Å². The monoisotopic (exact) mass is 364 g/mol. The molecule has 2 heterocycles. The average molecular weight is 365 g/mol. The summed E-state index contributed by atoms with van der Waals surface area (Å²) in [5, 5.41) is 3.75. The van der Waals surface area contributed by atoms with Crippen LogP contribution in [0.3, 0.4) is 0 Å². The maximum absolute atomic E-state index is 12.8. The highest BCUT2D eigenvalue weighted by Gasteiger charge is 2.52. The third-order valence-corrected chi connectivity index (χ3v) is 6.29. The van der Waals surface area contributed by atoms with Crippen LogP contribution in [0.4, 0.5) is 5.69 Å². The number of nitrogens with zero attached hydrogens (tertiary/aromatic N) is 1. The molecule has 2 atom stereocenters. The number of nitrogens with one attached hydrogen (secondary N) is 1. The fourth-order valence-electron chi connectivity index (χ4n) is 4.21. The quantitative estimate of drug-likeness (QED) is 0.771. The van der Waals surface area contributed by atoms with Crippen molar-refractivity contribution in [1.82, 2.24) is 4.90 Å². The normalized spacial score (nSPS) is 28.6. The van der Waals surface area contributed by atoms with Crippen molar-refractivity contribution in [3.05, 3.63) is 39.9 Å². The Bertz CT molecular complexity index is 777. The molecule has 0 aromatic heterocycles. The zero-order chi connectivity index (χ0) is 17.1. The summed E-state index contributed by atoms with van der Waals surface area (Å²) in [6.45, 7) is 4.98. The fraction of sp³-hybridized carbons (Fsp3) is 0.444. The maximum Gasteiger partial charge on any atom is 0.237 e. The van der Waals surface area contributed by atoms with Crippen LogP contribution >= 0.6 is 23.2 Å². The van der Waals surface area contributed by atoms with Gasteiger partial charge in [0.05, 0.1) is 15.5 Å². The number of likely N-dealkylation sites (tertiary alicyclic amines) is 1. The Morgan fingerprint density at radius 2 is 2.08 bits per heavy atom. The highest BCUT2D eigenvalue weighted by Crippen LogP contribution is 2.47. The van der Waals surface area contributed by atoms with Gasteiger partial charge >= 0.3 is 0 Å². The number of benzene rings is 1. The molecule has 1 spiro atoms. The topological polar surface area (TPSA) is 49.4 Å². The lowest BCUT2D eigenvalue weighted by atomic mass is 9.81. The highest BCUT2D eigenvalue weighted by molar-refractivity contribution is 6.42. The number of fused-ring (bicyclic) bond motifs is 2. The summed E-state index contributed by atoms with van der Waals surface area (Å²) in [5.41, 5.74) is 2.01. The number of rotatable bonds is 1. The van der Waals surface area contributed by atoms with Gasteiger partial charge in [-0.2, -0.15) is 0 Å². The summed E-state index contributed by atoms with van der Waals surface area (Å²) in [7, 11) is 0. The Morgan fingerprint density at radius 1 is 1.33 bits per heavy atom. The molecule has 2 amide bonds. The number of allylic oxidation sites excluding steroid dienone is 1. The van der Waals surface area contributed by atoms with Gasteiger partial charge in [0.2, 0.25) is 11.8 Å². The SMILES string of the molecule is C=C1CCC(C(=O)N2CC[C@]3(C2)C(=O)Nc2cc(Cl)c(Cl)cc23)C1. The molecule has 1 N–H and O–H groups in total. The second kappa shape index (κ2) is 5.50. The Kier molecular flexibility index (Phi) is 3.66. The lowest BCUT2D eigenvalue weighted by molar-refractivity contribution is -0.134. The fourth-order valence-corrected chi connectivity index (χ4v) is 4.54. The minimum atomic E-state index is -0.700. The van der Waals surface area contributed by atoms with E-state index in [2.05, 4.69) is 11.9 Å². The molecule has 0 bridgehead atoms. The van der Waals surface area contributed by atoms with E-state index in [4.69, 9.17) is 23.2 Å². The Balaban J connectivity index is 1.62. The molecule has 2 fully saturated rings. The van der Waals surface area contributed by atoms with Crippen molar-refractivity contribution in [1.29, 1.82) is 0 Å². The van der Waals surface area contributed by atoms with E-state index in [-0.39, 0.29) is 17.7 Å². The molecule has 4 rings (SSSR count). The molecule has 6 heteroatoms. The van der Waals surface area contributed by atoms with E-state index in [1.165, 1.54) is 0 Å². The summed E-state index contributed by atoms with van der Waals surface area (Å²) in [6, 6.07) is 3.46. The second-order valence-electron chi connectivity index (χ2n) is 7.05. The van der Waals surface area contributed by atoms with Crippen LogP contribution in [0.1, 0.15) is 31.2 Å². The zero-order valence-corrected chi connectivity index (χ0v) is 14.7. The summed E-state index contributed by atoms with van der Waals surface area (Å²) in [5.74, 6) is 0.0965. The van der Waals surface area contributed by atoms with Crippen LogP contribution in [0.15, 0.2) is 24.3 Å². The number of halogens is 2. The van der Waals surface area contributed by atoms with E-state index in [0.29, 0.717) is 35.2 Å². The van der Waals surface area contributed by atoms with Crippen LogP contribution in [0, 0.1) is 5.92 Å². The standard InChI is InChI=1S/C18H18Cl2N2O2/c1-10-2-3-11(6-10)16(23)22-5-4-18(9-22)12-7-13(19)14(20)8-15(12)21-17(18)24/h7-8,11H,1-6,9H2,(H,21,24)/t11?,18-/m1/s1. The van der Waals surface area contributed by atoms with Gasteiger partial charge in [-0.3, -0.25) is 9.59 Å². The number of carbonyl (C=O) groups is 2. The maximum atomic E-state index is 12.8. The van der Waals surface area contributed by atoms with E-state index in [1.807, 2.05) is 4.90 Å². The summed E-state index contributed by atoms with van der Waals surface area (Å²) in [6.07, 6.45) is 3.17. The zero-order valence-electron chi connectivity index (χ0n) is 13.2. The first kappa shape index (κ1) is 16.0. The van der Waals surface area contributed by atoms with Crippen molar-refractivity contribution in [3.63, 3.8) is 0 Å². The van der Waals surface area contributed by atoms with Gasteiger partial charge in [-0.25, -0.2) is 0 Å². The highest BCUT2D eigenvalue weighted by atomic mass is 35.5. The van der Waals surface area contributed by atoms with Crippen LogP contribution in [0.25, 0.3) is 0 Å². The minimum Gasteiger partial charge on any atom is -0.341 e. The van der Waals surface area contributed by atoms with E-state index in [9.17, 15) is 9.59 Å². The molecule has 1 aromatic rings. The van der Waals surface area contributed by atoms with Gasteiger partial charge in [0.1, 0.15) is 0 Å². The molecule has 126 valence electrons. The van der Waals surface area contributed by atoms with E-state index < -0.39 is 5.41 Å². The number of hydrogen-bond acceptors (Lipinski definition) is 2. The average Bonchev–Trinajstić information content (AvgIpc) is 3.22. The molecule has 0 radical (unpaired) electrons. The van der Waals surface area contributed by atoms with Crippen molar-refractivity contribution in [2.75, 3.05) is 18.4 Å². The minimum absolute atomic E-state index is 0.0189. The molecule has 1 aromatic carbocycles. The molecule has 1 aliphatic carbocycles. The predicted octanol–water partition coefficient (Wildman–Crippen LogP) is 3.77. The van der Waals surface area contributed by atoms with Crippen molar-refractivity contribution < 1.29 is 9.59 Å². The largest absolute Gasteiger partial charge is 0.341 e. The van der Waals surface area contributed by atoms with Crippen LogP contribution in [-0.2, 0) is 15.0 Å². The third kappa shape index (κ3) is 2.27. The summed E-state index contributed by atoms with van der Waals surface area (Å²) in [4.78, 5) is 27.3. The van der Waals surface area contributed by atoms with Crippen LogP contribution < -0.4 is 5.32 Å². The number of amides is 2. The van der Waals surface area contributed by atoms with Gasteiger partial charge in [0.25, 0.3) is 0 Å². The predicted molar refractivity (Wildman–Crippen MR) is 94.4 cm³/mol. The van der Waals surface area contributed by atoms with Gasteiger partial charge in [-0.1, -0.05) is 35.4 Å². The van der Waals surface area contributed by atoms with Gasteiger partial charge in [0.15, 0.2) is 0 Å². The number of carbonyl (C=O) groups excluding carboxylic acids is 2. The molecule has 1 saturated heterocycles. The first-order valence-electron chi connectivity index (χ1n) is 8.17. The molecule has 24 heavy (non-hydrogen) atoms. The molecular formula is C18H18Cl2N2O2. The van der Waals surface area contributed by atoms with Gasteiger partial charge in [0, 0.05) is 24.7 Å². The summed E-state index contributed by atoms with van der Waals surface area (Å²) < 4.78 is 0. The Labute approximate surface area is 150 Å². The Morgan fingerprint density at radius 3 is 2.79 bits per heavy atom. The first-order valence-corrected chi connectivity index (χ1v) is 8.93. The van der Waals surface area contributed by atoms with Gasteiger partial charge in [-0.15, -0.1) is 0 Å². The lowest BCUT2D eigenvalue weighted by Crippen LogP contribution is -2.40. The van der Waals surface area contributed by atoms with E-state index >= 15 is 0 Å².